The van der Waals surface area contributed by atoms with Crippen molar-refractivity contribution in [1.82, 2.24) is 0 Å². The number of halogens is 1. The molecule has 0 aliphatic rings. The van der Waals surface area contributed by atoms with Gasteiger partial charge in [-0.15, -0.1) is 10.2 Å². The van der Waals surface area contributed by atoms with Gasteiger partial charge in [0.2, 0.25) is 0 Å². The van der Waals surface area contributed by atoms with E-state index in [2.05, 4.69) is 31.5 Å². The molecular weight excluding hydrogens is 410 g/mol. The number of nitriles is 1. The first-order valence-electron chi connectivity index (χ1n) is 8.10. The van der Waals surface area contributed by atoms with Gasteiger partial charge in [-0.25, -0.2) is 0 Å². The van der Waals surface area contributed by atoms with Crippen LogP contribution in [-0.2, 0) is 0 Å². The minimum Gasteiger partial charge on any atom is -0.385 e. The summed E-state index contributed by atoms with van der Waals surface area (Å²) in [5, 5.41) is 34.0. The summed E-state index contributed by atoms with van der Waals surface area (Å²) in [6.07, 6.45) is 0. The van der Waals surface area contributed by atoms with E-state index in [1.54, 1.807) is 0 Å². The Morgan fingerprint density at radius 1 is 1.19 bits per heavy atom. The molecule has 0 aliphatic carbocycles. The van der Waals surface area contributed by atoms with Gasteiger partial charge in [-0.05, 0) is 35.0 Å². The normalized spacial score (nSPS) is 10.9. The summed E-state index contributed by atoms with van der Waals surface area (Å²) in [6, 6.07) is 16.0. The van der Waals surface area contributed by atoms with Crippen molar-refractivity contribution in [2.75, 3.05) is 11.9 Å². The number of nitrogens with one attached hydrogen (secondary N) is 1. The van der Waals surface area contributed by atoms with Crippen LogP contribution in [0.4, 0.5) is 22.7 Å². The monoisotopic (exact) mass is 423 g/mol. The van der Waals surface area contributed by atoms with E-state index < -0.39 is 4.92 Å². The molecule has 0 amide bonds. The molecule has 27 heavy (non-hydrogen) atoms. The molecule has 0 heterocycles. The largest absolute Gasteiger partial charge is 0.385 e. The summed E-state index contributed by atoms with van der Waals surface area (Å²) in [4.78, 5) is 10.4. The Hall–Kier alpha value is -3.31. The highest BCUT2D eigenvalue weighted by molar-refractivity contribution is 9.10. The average Bonchev–Trinajstić information content (AvgIpc) is 2.67. The lowest BCUT2D eigenvalue weighted by Crippen LogP contribution is -1.96. The topological polar surface area (TPSA) is 104 Å². The summed E-state index contributed by atoms with van der Waals surface area (Å²) in [5.74, 6) is 0. The number of nitrogens with zero attached hydrogens (tertiary/aromatic N) is 4. The van der Waals surface area contributed by atoms with Crippen molar-refractivity contribution < 1.29 is 4.92 Å². The van der Waals surface area contributed by atoms with Crippen LogP contribution in [0.25, 0.3) is 10.8 Å². The molecule has 3 aromatic rings. The summed E-state index contributed by atoms with van der Waals surface area (Å²) < 4.78 is 0.338. The van der Waals surface area contributed by atoms with Gasteiger partial charge in [-0.1, -0.05) is 24.3 Å². The number of nitro groups is 1. The molecule has 1 N–H and O–H groups in total. The molecule has 0 fully saturated rings. The zero-order valence-corrected chi connectivity index (χ0v) is 15.9. The number of hydrogen-bond acceptors (Lipinski definition) is 6. The lowest BCUT2D eigenvalue weighted by Gasteiger charge is -2.09. The summed E-state index contributed by atoms with van der Waals surface area (Å²) in [6.45, 7) is 2.82. The minimum absolute atomic E-state index is 0.0772. The van der Waals surface area contributed by atoms with Crippen molar-refractivity contribution in [3.05, 3.63) is 68.7 Å². The second kappa shape index (κ2) is 7.93. The van der Waals surface area contributed by atoms with E-state index in [-0.39, 0.29) is 16.9 Å². The third kappa shape index (κ3) is 3.78. The number of nitro benzene ring substituents is 1. The minimum atomic E-state index is -0.556. The van der Waals surface area contributed by atoms with E-state index in [9.17, 15) is 15.4 Å². The summed E-state index contributed by atoms with van der Waals surface area (Å²) in [7, 11) is 0. The van der Waals surface area contributed by atoms with Crippen LogP contribution in [-0.4, -0.2) is 11.5 Å². The predicted octanol–water partition coefficient (Wildman–Crippen LogP) is 6.23. The van der Waals surface area contributed by atoms with E-state index in [0.29, 0.717) is 10.2 Å². The predicted molar refractivity (Wildman–Crippen MR) is 108 cm³/mol. The number of fused-ring (bicyclic) bond motifs is 1. The fourth-order valence-corrected chi connectivity index (χ4v) is 3.22. The van der Waals surface area contributed by atoms with E-state index in [1.807, 2.05) is 49.4 Å². The fraction of sp³-hybridized carbons (Fsp3) is 0.105. The van der Waals surface area contributed by atoms with Crippen molar-refractivity contribution >= 4 is 49.5 Å². The second-order valence-corrected chi connectivity index (χ2v) is 6.46. The van der Waals surface area contributed by atoms with Crippen molar-refractivity contribution in [2.45, 2.75) is 6.92 Å². The standard InChI is InChI=1S/C19H14BrN5O2/c1-2-22-17-7-8-18(15-6-4-3-5-14(15)17)23-24-19-12(11-21)9-13(25(26)27)10-16(19)20/h3-10,22H,2H2,1H3. The third-order valence-electron chi connectivity index (χ3n) is 3.91. The maximum atomic E-state index is 11.0. The summed E-state index contributed by atoms with van der Waals surface area (Å²) >= 11 is 3.24. The van der Waals surface area contributed by atoms with Gasteiger partial charge >= 0.3 is 0 Å². The van der Waals surface area contributed by atoms with Crippen LogP contribution in [0.3, 0.4) is 0 Å². The zero-order valence-electron chi connectivity index (χ0n) is 14.3. The molecule has 8 heteroatoms. The molecular formula is C19H14BrN5O2. The van der Waals surface area contributed by atoms with Crippen LogP contribution < -0.4 is 5.32 Å². The Bertz CT molecular complexity index is 1110. The highest BCUT2D eigenvalue weighted by Crippen LogP contribution is 2.37. The Morgan fingerprint density at radius 2 is 1.93 bits per heavy atom. The van der Waals surface area contributed by atoms with E-state index >= 15 is 0 Å². The fourth-order valence-electron chi connectivity index (χ4n) is 2.70. The van der Waals surface area contributed by atoms with Crippen molar-refractivity contribution in [3.63, 3.8) is 0 Å². The number of benzene rings is 3. The van der Waals surface area contributed by atoms with Gasteiger partial charge in [0.1, 0.15) is 11.8 Å². The first-order valence-corrected chi connectivity index (χ1v) is 8.89. The first kappa shape index (κ1) is 18.5. The van der Waals surface area contributed by atoms with Crippen molar-refractivity contribution in [3.8, 4) is 6.07 Å². The lowest BCUT2D eigenvalue weighted by atomic mass is 10.1. The highest BCUT2D eigenvalue weighted by atomic mass is 79.9. The van der Waals surface area contributed by atoms with Gasteiger partial charge < -0.3 is 5.32 Å². The first-order chi connectivity index (χ1) is 13.0. The van der Waals surface area contributed by atoms with Gasteiger partial charge in [0, 0.05) is 35.1 Å². The number of hydrogen-bond donors (Lipinski definition) is 1. The van der Waals surface area contributed by atoms with Gasteiger partial charge in [0.15, 0.2) is 0 Å². The van der Waals surface area contributed by atoms with E-state index in [4.69, 9.17) is 0 Å². The molecule has 0 saturated carbocycles. The maximum absolute atomic E-state index is 11.0. The maximum Gasteiger partial charge on any atom is 0.272 e. The lowest BCUT2D eigenvalue weighted by molar-refractivity contribution is -0.384. The number of rotatable bonds is 5. The van der Waals surface area contributed by atoms with E-state index in [1.165, 1.54) is 12.1 Å². The van der Waals surface area contributed by atoms with Gasteiger partial charge in [-0.3, -0.25) is 10.1 Å². The highest BCUT2D eigenvalue weighted by Gasteiger charge is 2.15. The second-order valence-electron chi connectivity index (χ2n) is 5.60. The molecule has 0 radical (unpaired) electrons. The van der Waals surface area contributed by atoms with Crippen LogP contribution in [0, 0.1) is 21.4 Å². The van der Waals surface area contributed by atoms with Crippen molar-refractivity contribution in [1.29, 1.82) is 5.26 Å². The van der Waals surface area contributed by atoms with E-state index in [0.717, 1.165) is 23.0 Å². The quantitative estimate of drug-likeness (QED) is 0.298. The van der Waals surface area contributed by atoms with Crippen LogP contribution in [0.15, 0.2) is 63.2 Å². The Kier molecular flexibility index (Phi) is 5.43. The number of azo groups is 1. The third-order valence-corrected chi connectivity index (χ3v) is 4.51. The molecule has 0 bridgehead atoms. The molecule has 0 aromatic heterocycles. The molecule has 0 unspecified atom stereocenters. The van der Waals surface area contributed by atoms with Crippen LogP contribution in [0.5, 0.6) is 0 Å². The molecule has 134 valence electrons. The number of non-ortho nitro benzene ring substituents is 1. The summed E-state index contributed by atoms with van der Waals surface area (Å²) in [5.41, 5.74) is 1.79. The van der Waals surface area contributed by atoms with Gasteiger partial charge in [0.25, 0.3) is 5.69 Å². The van der Waals surface area contributed by atoms with Gasteiger partial charge in [0.05, 0.1) is 20.6 Å². The average molecular weight is 424 g/mol. The molecule has 3 aromatic carbocycles. The molecule has 0 spiro atoms. The Morgan fingerprint density at radius 3 is 2.59 bits per heavy atom. The molecule has 3 rings (SSSR count). The zero-order chi connectivity index (χ0) is 19.4. The molecule has 0 atom stereocenters. The Labute approximate surface area is 163 Å². The van der Waals surface area contributed by atoms with Crippen molar-refractivity contribution in [2.24, 2.45) is 10.2 Å². The van der Waals surface area contributed by atoms with Crippen LogP contribution in [0.1, 0.15) is 12.5 Å². The smallest absolute Gasteiger partial charge is 0.272 e. The molecule has 0 aliphatic heterocycles. The molecule has 7 nitrogen and oxygen atoms in total. The Balaban J connectivity index is 2.09. The van der Waals surface area contributed by atoms with Crippen LogP contribution in [0.2, 0.25) is 0 Å². The SMILES string of the molecule is CCNc1ccc(N=Nc2c(Br)cc([N+](=O)[O-])cc2C#N)c2ccccc12. The molecule has 0 saturated heterocycles. The number of anilines is 1. The van der Waals surface area contributed by atoms with Gasteiger partial charge in [-0.2, -0.15) is 5.26 Å². The van der Waals surface area contributed by atoms with Crippen LogP contribution >= 0.6 is 15.9 Å².